The molecule has 13 heteroatoms. The van der Waals surface area contributed by atoms with E-state index >= 15 is 0 Å². The number of nitrogens with zero attached hydrogens (tertiary/aromatic N) is 2. The predicted octanol–water partition coefficient (Wildman–Crippen LogP) is 4.45. The molecule has 0 radical (unpaired) electrons. The summed E-state index contributed by atoms with van der Waals surface area (Å²) in [5.41, 5.74) is 2.06. The van der Waals surface area contributed by atoms with Gasteiger partial charge in [0.2, 0.25) is 17.5 Å². The zero-order valence-electron chi connectivity index (χ0n) is 11.5. The Labute approximate surface area is 138 Å². The smallest absolute Gasteiger partial charge is 0.422 e. The number of pyridine rings is 1. The molecular weight excluding hydrogens is 384 g/mol. The zero-order valence-corrected chi connectivity index (χ0v) is 12.3. The molecule has 0 bridgehead atoms. The number of nitrogens with two attached hydrogens (primary N) is 1. The van der Waals surface area contributed by atoms with Crippen LogP contribution in [0.5, 0.6) is 11.6 Å². The lowest BCUT2D eigenvalue weighted by molar-refractivity contribution is -0.384. The second kappa shape index (κ2) is 6.27. The van der Waals surface area contributed by atoms with Crippen LogP contribution in [0.4, 0.5) is 37.8 Å². The van der Waals surface area contributed by atoms with Crippen LogP contribution in [0.1, 0.15) is 5.56 Å². The van der Waals surface area contributed by atoms with Crippen molar-refractivity contribution in [3.05, 3.63) is 50.3 Å². The van der Waals surface area contributed by atoms with Gasteiger partial charge in [0, 0.05) is 12.1 Å². The third-order valence-electron chi connectivity index (χ3n) is 2.79. The zero-order chi connectivity index (χ0) is 19.1. The highest BCUT2D eigenvalue weighted by Crippen LogP contribution is 2.43. The van der Waals surface area contributed by atoms with E-state index in [2.05, 4.69) is 9.72 Å². The number of benzene rings is 1. The molecule has 2 rings (SSSR count). The summed E-state index contributed by atoms with van der Waals surface area (Å²) in [4.78, 5) is 13.0. The number of anilines is 1. The molecule has 0 aliphatic rings. The first-order valence-electron chi connectivity index (χ1n) is 5.97. The predicted molar refractivity (Wildman–Crippen MR) is 71.7 cm³/mol. The highest BCUT2D eigenvalue weighted by Gasteiger charge is 2.42. The van der Waals surface area contributed by atoms with E-state index in [0.29, 0.717) is 0 Å². The Kier molecular flexibility index (Phi) is 4.66. The van der Waals surface area contributed by atoms with Gasteiger partial charge in [0.15, 0.2) is 17.4 Å². The average molecular weight is 388 g/mol. The summed E-state index contributed by atoms with van der Waals surface area (Å²) in [6.45, 7) is 0. The van der Waals surface area contributed by atoms with Gasteiger partial charge in [-0.2, -0.15) is 22.5 Å². The van der Waals surface area contributed by atoms with Gasteiger partial charge in [0.05, 0.1) is 4.92 Å². The van der Waals surface area contributed by atoms with Crippen LogP contribution in [0.2, 0.25) is 5.02 Å². The Hall–Kier alpha value is -2.76. The molecule has 6 nitrogen and oxygen atoms in total. The molecule has 0 saturated heterocycles. The fourth-order valence-electron chi connectivity index (χ4n) is 1.71. The standard InChI is InChI=1S/C12H4ClF6N3O3/c13-6-7(14)5(12(17,18)19)8(15)9(16)10(6)25-4-2-1-3(22(23)24)11(20)21-4/h1-2H,(H2,20,21). The first-order valence-corrected chi connectivity index (χ1v) is 6.34. The van der Waals surface area contributed by atoms with Crippen molar-refractivity contribution in [3.8, 4) is 11.6 Å². The van der Waals surface area contributed by atoms with Gasteiger partial charge in [-0.15, -0.1) is 0 Å². The molecule has 2 N–H and O–H groups in total. The fraction of sp³-hybridized carbons (Fsp3) is 0.0833. The summed E-state index contributed by atoms with van der Waals surface area (Å²) in [7, 11) is 0. The Morgan fingerprint density at radius 3 is 2.24 bits per heavy atom. The SMILES string of the molecule is Nc1nc(Oc2c(F)c(F)c(C(F)(F)F)c(F)c2Cl)ccc1[N+](=O)[O-]. The van der Waals surface area contributed by atoms with Crippen LogP contribution >= 0.6 is 11.6 Å². The van der Waals surface area contributed by atoms with Gasteiger partial charge in [-0.05, 0) is 0 Å². The molecular formula is C12H4ClF6N3O3. The number of ether oxygens (including phenoxy) is 1. The van der Waals surface area contributed by atoms with E-state index < -0.39 is 62.3 Å². The van der Waals surface area contributed by atoms with Crippen molar-refractivity contribution in [1.29, 1.82) is 0 Å². The van der Waals surface area contributed by atoms with Crippen LogP contribution in [0.25, 0.3) is 0 Å². The Balaban J connectivity index is 2.55. The van der Waals surface area contributed by atoms with Crippen LogP contribution in [0.15, 0.2) is 12.1 Å². The molecule has 0 amide bonds. The van der Waals surface area contributed by atoms with Crippen molar-refractivity contribution < 1.29 is 36.0 Å². The molecule has 0 saturated carbocycles. The van der Waals surface area contributed by atoms with Gasteiger partial charge >= 0.3 is 11.9 Å². The molecule has 2 aromatic rings. The molecule has 1 heterocycles. The highest BCUT2D eigenvalue weighted by molar-refractivity contribution is 6.32. The largest absolute Gasteiger partial charge is 0.434 e. The maximum Gasteiger partial charge on any atom is 0.422 e. The number of halogens is 7. The number of nitro groups is 1. The number of aromatic nitrogens is 1. The van der Waals surface area contributed by atoms with Crippen molar-refractivity contribution in [2.45, 2.75) is 6.18 Å². The van der Waals surface area contributed by atoms with Crippen molar-refractivity contribution in [1.82, 2.24) is 4.98 Å². The minimum Gasteiger partial charge on any atom is -0.434 e. The van der Waals surface area contributed by atoms with E-state index in [-0.39, 0.29) is 0 Å². The second-order valence-electron chi connectivity index (χ2n) is 4.37. The lowest BCUT2D eigenvalue weighted by Gasteiger charge is -2.14. The van der Waals surface area contributed by atoms with Crippen LogP contribution in [-0.4, -0.2) is 9.91 Å². The third kappa shape index (κ3) is 3.38. The summed E-state index contributed by atoms with van der Waals surface area (Å²) < 4.78 is 83.3. The van der Waals surface area contributed by atoms with Gasteiger partial charge in [-0.3, -0.25) is 10.1 Å². The number of hydrogen-bond donors (Lipinski definition) is 1. The number of nitrogen functional groups attached to an aromatic ring is 1. The summed E-state index contributed by atoms with van der Waals surface area (Å²) in [6, 6.07) is 1.55. The minimum absolute atomic E-state index is 0.649. The third-order valence-corrected chi connectivity index (χ3v) is 3.12. The van der Waals surface area contributed by atoms with E-state index in [1.165, 1.54) is 0 Å². The van der Waals surface area contributed by atoms with Crippen molar-refractivity contribution in [3.63, 3.8) is 0 Å². The van der Waals surface area contributed by atoms with Crippen LogP contribution in [0.3, 0.4) is 0 Å². The Bertz CT molecular complexity index is 845. The topological polar surface area (TPSA) is 91.3 Å². The van der Waals surface area contributed by atoms with Crippen LogP contribution < -0.4 is 10.5 Å². The molecule has 0 aliphatic carbocycles. The van der Waals surface area contributed by atoms with Gasteiger partial charge in [-0.25, -0.2) is 8.78 Å². The summed E-state index contributed by atoms with van der Waals surface area (Å²) in [5, 5.41) is 9.08. The lowest BCUT2D eigenvalue weighted by Crippen LogP contribution is -2.14. The molecule has 1 aromatic heterocycles. The van der Waals surface area contributed by atoms with Crippen molar-refractivity contribution in [2.75, 3.05) is 5.73 Å². The molecule has 0 atom stereocenters. The minimum atomic E-state index is -5.55. The van der Waals surface area contributed by atoms with E-state index in [9.17, 15) is 36.5 Å². The van der Waals surface area contributed by atoms with Gasteiger partial charge in [0.25, 0.3) is 0 Å². The number of rotatable bonds is 3. The first-order chi connectivity index (χ1) is 11.4. The normalized spacial score (nSPS) is 11.5. The average Bonchev–Trinajstić information content (AvgIpc) is 2.48. The maximum atomic E-state index is 13.8. The summed E-state index contributed by atoms with van der Waals surface area (Å²) in [5.74, 6) is -9.89. The summed E-state index contributed by atoms with van der Waals surface area (Å²) >= 11 is 5.28. The lowest BCUT2D eigenvalue weighted by atomic mass is 10.1. The molecule has 0 fully saturated rings. The molecule has 0 spiro atoms. The first kappa shape index (κ1) is 18.6. The Morgan fingerprint density at radius 1 is 1.16 bits per heavy atom. The van der Waals surface area contributed by atoms with Crippen molar-refractivity contribution in [2.24, 2.45) is 0 Å². The second-order valence-corrected chi connectivity index (χ2v) is 4.75. The van der Waals surface area contributed by atoms with E-state index in [4.69, 9.17) is 17.3 Å². The number of alkyl halides is 3. The van der Waals surface area contributed by atoms with Crippen LogP contribution in [-0.2, 0) is 6.18 Å². The van der Waals surface area contributed by atoms with Gasteiger partial charge in [0.1, 0.15) is 10.6 Å². The summed E-state index contributed by atoms with van der Waals surface area (Å²) in [6.07, 6.45) is -5.55. The molecule has 134 valence electrons. The van der Waals surface area contributed by atoms with E-state index in [1.54, 1.807) is 0 Å². The van der Waals surface area contributed by atoms with E-state index in [1.807, 2.05) is 0 Å². The maximum absolute atomic E-state index is 13.8. The van der Waals surface area contributed by atoms with Crippen LogP contribution in [0, 0.1) is 27.6 Å². The molecule has 0 unspecified atom stereocenters. The van der Waals surface area contributed by atoms with Crippen molar-refractivity contribution >= 4 is 23.1 Å². The Morgan fingerprint density at radius 2 is 1.76 bits per heavy atom. The quantitative estimate of drug-likeness (QED) is 0.363. The van der Waals surface area contributed by atoms with E-state index in [0.717, 1.165) is 12.1 Å². The monoisotopic (exact) mass is 387 g/mol. The molecule has 1 aromatic carbocycles. The molecule has 0 aliphatic heterocycles. The highest BCUT2D eigenvalue weighted by atomic mass is 35.5. The fourth-order valence-corrected chi connectivity index (χ4v) is 1.93. The van der Waals surface area contributed by atoms with Gasteiger partial charge < -0.3 is 10.5 Å². The number of hydrogen-bond acceptors (Lipinski definition) is 5. The van der Waals surface area contributed by atoms with Gasteiger partial charge in [-0.1, -0.05) is 11.6 Å². The molecule has 25 heavy (non-hydrogen) atoms.